The fourth-order valence-corrected chi connectivity index (χ4v) is 4.44. The summed E-state index contributed by atoms with van der Waals surface area (Å²) in [6.45, 7) is 4.58. The smallest absolute Gasteiger partial charge is 0.290 e. The van der Waals surface area contributed by atoms with Gasteiger partial charge in [-0.1, -0.05) is 12.1 Å². The lowest BCUT2D eigenvalue weighted by molar-refractivity contribution is -0.129. The van der Waals surface area contributed by atoms with Crippen molar-refractivity contribution in [3.63, 3.8) is 0 Å². The molecule has 0 spiro atoms. The number of carbonyl (C=O) groups is 2. The summed E-state index contributed by atoms with van der Waals surface area (Å²) in [5.41, 5.74) is 0.987. The number of rotatable bonds is 7. The molecule has 2 heterocycles. The molecule has 1 N–H and O–H groups in total. The lowest BCUT2D eigenvalue weighted by Crippen LogP contribution is -2.33. The van der Waals surface area contributed by atoms with Crippen LogP contribution in [-0.4, -0.2) is 58.8 Å². The van der Waals surface area contributed by atoms with Crippen molar-refractivity contribution in [1.82, 2.24) is 14.8 Å². The van der Waals surface area contributed by atoms with E-state index in [1.807, 2.05) is 19.0 Å². The van der Waals surface area contributed by atoms with E-state index < -0.39 is 29.3 Å². The fourth-order valence-electron chi connectivity index (χ4n) is 3.56. The highest BCUT2D eigenvalue weighted by atomic mass is 32.1. The zero-order valence-electron chi connectivity index (χ0n) is 16.9. The number of aryl methyl sites for hydroxylation is 2. The van der Waals surface area contributed by atoms with E-state index in [2.05, 4.69) is 4.98 Å². The summed E-state index contributed by atoms with van der Waals surface area (Å²) in [4.78, 5) is 34.2. The number of Topliss-reactive ketones (excluding diaryl/α,β-unsaturated/α-hetero) is 1. The largest absolute Gasteiger partial charge is 0.503 e. The van der Waals surface area contributed by atoms with Crippen molar-refractivity contribution in [2.75, 3.05) is 27.2 Å². The first-order chi connectivity index (χ1) is 13.7. The number of ketones is 1. The minimum Gasteiger partial charge on any atom is -0.503 e. The minimum absolute atomic E-state index is 0.0165. The third-order valence-electron chi connectivity index (χ3n) is 4.83. The molecular formula is C21H24FN3O3S. The van der Waals surface area contributed by atoms with Gasteiger partial charge in [0.05, 0.1) is 27.2 Å². The van der Waals surface area contributed by atoms with Crippen molar-refractivity contribution < 1.29 is 19.1 Å². The molecule has 8 heteroatoms. The number of hydrogen-bond acceptors (Lipinski definition) is 6. The molecule has 29 heavy (non-hydrogen) atoms. The van der Waals surface area contributed by atoms with E-state index in [0.29, 0.717) is 29.1 Å². The minimum atomic E-state index is -0.838. The third kappa shape index (κ3) is 4.23. The number of amides is 1. The van der Waals surface area contributed by atoms with Crippen LogP contribution in [0.15, 0.2) is 35.6 Å². The normalized spacial score (nSPS) is 17.0. The molecule has 0 radical (unpaired) electrons. The van der Waals surface area contributed by atoms with E-state index in [1.165, 1.54) is 34.4 Å². The van der Waals surface area contributed by atoms with Gasteiger partial charge in [0, 0.05) is 6.54 Å². The van der Waals surface area contributed by atoms with Gasteiger partial charge in [0.15, 0.2) is 5.76 Å². The topological polar surface area (TPSA) is 73.7 Å². The molecule has 2 aromatic rings. The molecule has 1 aromatic heterocycles. The van der Waals surface area contributed by atoms with Gasteiger partial charge in [0.1, 0.15) is 5.82 Å². The number of hydrogen-bond donors (Lipinski definition) is 1. The van der Waals surface area contributed by atoms with Crippen LogP contribution in [0.5, 0.6) is 0 Å². The SMILES string of the molecule is Cc1nc(C)c(C(=O)C2=C(O)C(=O)N(CCCN(C)C)[C@H]2c2cccc(F)c2)s1. The van der Waals surface area contributed by atoms with Gasteiger partial charge < -0.3 is 14.9 Å². The van der Waals surface area contributed by atoms with Crippen LogP contribution in [0.25, 0.3) is 0 Å². The van der Waals surface area contributed by atoms with E-state index in [0.717, 1.165) is 11.6 Å². The summed E-state index contributed by atoms with van der Waals surface area (Å²) < 4.78 is 13.9. The van der Waals surface area contributed by atoms with Crippen LogP contribution in [0.3, 0.4) is 0 Å². The highest BCUT2D eigenvalue weighted by Crippen LogP contribution is 2.40. The molecule has 3 rings (SSSR count). The van der Waals surface area contributed by atoms with Crippen LogP contribution in [0.2, 0.25) is 0 Å². The summed E-state index contributed by atoms with van der Waals surface area (Å²) in [6, 6.07) is 4.96. The Labute approximate surface area is 173 Å². The fraction of sp³-hybridized carbons (Fsp3) is 0.381. The first kappa shape index (κ1) is 21.1. The molecule has 6 nitrogen and oxygen atoms in total. The Balaban J connectivity index is 2.05. The number of thiazole rings is 1. The van der Waals surface area contributed by atoms with E-state index in [4.69, 9.17) is 0 Å². The molecular weight excluding hydrogens is 393 g/mol. The second-order valence-electron chi connectivity index (χ2n) is 7.35. The van der Waals surface area contributed by atoms with E-state index in [-0.39, 0.29) is 5.57 Å². The second kappa shape index (κ2) is 8.42. The van der Waals surface area contributed by atoms with Crippen molar-refractivity contribution in [2.45, 2.75) is 26.3 Å². The summed E-state index contributed by atoms with van der Waals surface area (Å²) in [7, 11) is 3.85. The number of carbonyl (C=O) groups excluding carboxylic acids is 2. The number of aromatic nitrogens is 1. The van der Waals surface area contributed by atoms with Crippen molar-refractivity contribution in [3.8, 4) is 0 Å². The molecule has 1 atom stereocenters. The quantitative estimate of drug-likeness (QED) is 0.699. The predicted octanol–water partition coefficient (Wildman–Crippen LogP) is 3.43. The molecule has 0 bridgehead atoms. The van der Waals surface area contributed by atoms with E-state index in [9.17, 15) is 19.1 Å². The molecule has 0 aliphatic carbocycles. The summed E-state index contributed by atoms with van der Waals surface area (Å²) in [6.07, 6.45) is 0.651. The zero-order valence-corrected chi connectivity index (χ0v) is 17.7. The Hall–Kier alpha value is -2.58. The maximum Gasteiger partial charge on any atom is 0.290 e. The highest BCUT2D eigenvalue weighted by molar-refractivity contribution is 7.14. The Morgan fingerprint density at radius 2 is 2.07 bits per heavy atom. The van der Waals surface area contributed by atoms with Crippen molar-refractivity contribution in [1.29, 1.82) is 0 Å². The van der Waals surface area contributed by atoms with Crippen molar-refractivity contribution in [2.24, 2.45) is 0 Å². The second-order valence-corrected chi connectivity index (χ2v) is 8.55. The third-order valence-corrected chi connectivity index (χ3v) is 5.90. The Kier molecular flexibility index (Phi) is 6.14. The number of halogens is 1. The molecule has 1 aromatic carbocycles. The van der Waals surface area contributed by atoms with Crippen LogP contribution in [-0.2, 0) is 4.79 Å². The Morgan fingerprint density at radius 3 is 2.66 bits per heavy atom. The lowest BCUT2D eigenvalue weighted by atomic mass is 9.95. The van der Waals surface area contributed by atoms with Crippen LogP contribution in [0.4, 0.5) is 4.39 Å². The van der Waals surface area contributed by atoms with Gasteiger partial charge in [0.25, 0.3) is 5.91 Å². The van der Waals surface area contributed by atoms with Gasteiger partial charge >= 0.3 is 0 Å². The van der Waals surface area contributed by atoms with E-state index in [1.54, 1.807) is 19.9 Å². The number of nitrogens with zero attached hydrogens (tertiary/aromatic N) is 3. The molecule has 1 amide bonds. The lowest BCUT2D eigenvalue weighted by Gasteiger charge is -2.27. The van der Waals surface area contributed by atoms with Crippen LogP contribution >= 0.6 is 11.3 Å². The first-order valence-corrected chi connectivity index (χ1v) is 10.2. The number of aliphatic hydroxyl groups excluding tert-OH is 1. The molecule has 0 saturated carbocycles. The highest BCUT2D eigenvalue weighted by Gasteiger charge is 2.44. The predicted molar refractivity (Wildman–Crippen MR) is 110 cm³/mol. The summed E-state index contributed by atoms with van der Waals surface area (Å²) in [5.74, 6) is -2.09. The maximum atomic E-state index is 13.9. The average molecular weight is 418 g/mol. The van der Waals surface area contributed by atoms with Crippen LogP contribution in [0, 0.1) is 19.7 Å². The Bertz CT molecular complexity index is 983. The maximum absolute atomic E-state index is 13.9. The van der Waals surface area contributed by atoms with Crippen LogP contribution < -0.4 is 0 Å². The van der Waals surface area contributed by atoms with Crippen molar-refractivity contribution >= 4 is 23.0 Å². The molecule has 0 saturated heterocycles. The molecule has 0 unspecified atom stereocenters. The van der Waals surface area contributed by atoms with E-state index >= 15 is 0 Å². The number of benzene rings is 1. The number of aliphatic hydroxyl groups is 1. The molecule has 154 valence electrons. The molecule has 0 fully saturated rings. The summed E-state index contributed by atoms with van der Waals surface area (Å²) in [5, 5.41) is 11.3. The van der Waals surface area contributed by atoms with Gasteiger partial charge in [-0.15, -0.1) is 11.3 Å². The Morgan fingerprint density at radius 1 is 1.34 bits per heavy atom. The van der Waals surface area contributed by atoms with Crippen LogP contribution in [0.1, 0.15) is 38.4 Å². The van der Waals surface area contributed by atoms with Crippen molar-refractivity contribution in [3.05, 3.63) is 62.6 Å². The zero-order chi connectivity index (χ0) is 21.3. The summed E-state index contributed by atoms with van der Waals surface area (Å²) >= 11 is 1.22. The monoisotopic (exact) mass is 417 g/mol. The van der Waals surface area contributed by atoms with Gasteiger partial charge in [-0.3, -0.25) is 9.59 Å². The average Bonchev–Trinajstić information content (AvgIpc) is 3.11. The first-order valence-electron chi connectivity index (χ1n) is 9.33. The van der Waals surface area contributed by atoms with Gasteiger partial charge in [0.2, 0.25) is 5.78 Å². The standard InChI is InChI=1S/C21H24FN3O3S/c1-12-20(29-13(2)23-12)18(26)16-17(14-7-5-8-15(22)11-14)25(21(28)19(16)27)10-6-9-24(3)4/h5,7-8,11,17,27H,6,9-10H2,1-4H3/t17-/m0/s1. The molecule has 1 aliphatic heterocycles. The van der Waals surface area contributed by atoms with Gasteiger partial charge in [-0.2, -0.15) is 0 Å². The molecule has 1 aliphatic rings. The van der Waals surface area contributed by atoms with Gasteiger partial charge in [-0.25, -0.2) is 9.37 Å². The van der Waals surface area contributed by atoms with Gasteiger partial charge in [-0.05, 0) is 58.6 Å².